The average Bonchev–Trinajstić information content (AvgIpc) is 1.98. The van der Waals surface area contributed by atoms with Crippen LogP contribution in [0.25, 0.3) is 0 Å². The van der Waals surface area contributed by atoms with E-state index in [1.807, 2.05) is 0 Å². The highest BCUT2D eigenvalue weighted by Crippen LogP contribution is 2.10. The molecule has 0 rings (SSSR count). The van der Waals surface area contributed by atoms with E-state index in [0.29, 0.717) is 0 Å². The zero-order chi connectivity index (χ0) is 12.9. The quantitative estimate of drug-likeness (QED) is 0.571. The second kappa shape index (κ2) is 5.29. The Morgan fingerprint density at radius 1 is 1.19 bits per heavy atom. The normalized spacial score (nSPS) is 10.6. The average molecular weight is 229 g/mol. The van der Waals surface area contributed by atoms with E-state index in [4.69, 9.17) is 10.2 Å². The lowest BCUT2D eigenvalue weighted by Crippen LogP contribution is -2.45. The molecule has 0 aliphatic heterocycles. The van der Waals surface area contributed by atoms with Crippen molar-refractivity contribution in [3.63, 3.8) is 0 Å². The van der Waals surface area contributed by atoms with Crippen molar-refractivity contribution >= 4 is 17.8 Å². The molecular weight excluding hydrogens is 214 g/mol. The van der Waals surface area contributed by atoms with Gasteiger partial charge in [-0.3, -0.25) is 14.4 Å². The second-order valence-corrected chi connectivity index (χ2v) is 4.08. The van der Waals surface area contributed by atoms with Crippen LogP contribution in [0.15, 0.2) is 12.2 Å². The van der Waals surface area contributed by atoms with Gasteiger partial charge in [-0.25, -0.2) is 0 Å². The lowest BCUT2D eigenvalue weighted by molar-refractivity contribution is -0.139. The summed E-state index contributed by atoms with van der Waals surface area (Å²) in [5.74, 6) is -2.85. The molecule has 0 spiro atoms. The molecule has 0 saturated carbocycles. The van der Waals surface area contributed by atoms with Crippen molar-refractivity contribution < 1.29 is 24.6 Å². The van der Waals surface area contributed by atoms with Crippen LogP contribution in [-0.2, 0) is 14.4 Å². The van der Waals surface area contributed by atoms with Crippen LogP contribution in [0.1, 0.15) is 26.7 Å². The van der Waals surface area contributed by atoms with E-state index in [2.05, 4.69) is 11.9 Å². The molecule has 0 radical (unpaired) electrons. The summed E-state index contributed by atoms with van der Waals surface area (Å²) in [5.41, 5.74) is -1.05. The van der Waals surface area contributed by atoms with Crippen molar-refractivity contribution in [3.8, 4) is 0 Å². The van der Waals surface area contributed by atoms with Crippen molar-refractivity contribution in [2.75, 3.05) is 0 Å². The number of nitrogens with one attached hydrogen (secondary N) is 1. The Morgan fingerprint density at radius 2 is 1.69 bits per heavy atom. The van der Waals surface area contributed by atoms with Crippen LogP contribution in [0.4, 0.5) is 0 Å². The molecule has 0 unspecified atom stereocenters. The maximum atomic E-state index is 11.4. The molecule has 0 atom stereocenters. The van der Waals surface area contributed by atoms with Crippen LogP contribution in [0, 0.1) is 0 Å². The summed E-state index contributed by atoms with van der Waals surface area (Å²) in [6.07, 6.45) is -0.714. The first-order chi connectivity index (χ1) is 7.14. The molecule has 0 heterocycles. The molecule has 6 nitrogen and oxygen atoms in total. The van der Waals surface area contributed by atoms with Gasteiger partial charge >= 0.3 is 11.9 Å². The summed E-state index contributed by atoms with van der Waals surface area (Å²) in [5, 5.41) is 19.4. The third kappa shape index (κ3) is 5.79. The monoisotopic (exact) mass is 229 g/mol. The fraction of sp³-hybridized carbons (Fsp3) is 0.500. The molecule has 0 saturated heterocycles. The molecule has 0 aliphatic carbocycles. The molecule has 1 amide bonds. The molecule has 0 bridgehead atoms. The van der Waals surface area contributed by atoms with Crippen molar-refractivity contribution in [2.45, 2.75) is 32.2 Å². The van der Waals surface area contributed by atoms with Crippen molar-refractivity contribution in [1.29, 1.82) is 0 Å². The predicted octanol–water partition coefficient (Wildman–Crippen LogP) is 0.387. The van der Waals surface area contributed by atoms with E-state index >= 15 is 0 Å². The second-order valence-electron chi connectivity index (χ2n) is 4.08. The van der Waals surface area contributed by atoms with Gasteiger partial charge in [-0.2, -0.15) is 0 Å². The third-order valence-corrected chi connectivity index (χ3v) is 1.73. The van der Waals surface area contributed by atoms with E-state index in [0.717, 1.165) is 0 Å². The number of aliphatic carboxylic acids is 2. The van der Waals surface area contributed by atoms with Crippen molar-refractivity contribution in [3.05, 3.63) is 12.2 Å². The van der Waals surface area contributed by atoms with E-state index in [1.54, 1.807) is 0 Å². The molecule has 6 heteroatoms. The van der Waals surface area contributed by atoms with Gasteiger partial charge in [0.25, 0.3) is 0 Å². The Bertz CT molecular complexity index is 332. The van der Waals surface area contributed by atoms with E-state index in [-0.39, 0.29) is 12.0 Å². The van der Waals surface area contributed by atoms with E-state index in [9.17, 15) is 14.4 Å². The Balaban J connectivity index is 4.38. The van der Waals surface area contributed by atoms with Gasteiger partial charge in [0.15, 0.2) is 0 Å². The highest BCUT2D eigenvalue weighted by atomic mass is 16.4. The first-order valence-corrected chi connectivity index (χ1v) is 4.58. The lowest BCUT2D eigenvalue weighted by Gasteiger charge is -2.24. The minimum atomic E-state index is -1.16. The van der Waals surface area contributed by atoms with Crippen LogP contribution >= 0.6 is 0 Å². The number of carboxylic acids is 2. The summed E-state index contributed by atoms with van der Waals surface area (Å²) < 4.78 is 0. The van der Waals surface area contributed by atoms with Crippen LogP contribution in [0.3, 0.4) is 0 Å². The van der Waals surface area contributed by atoms with Gasteiger partial charge < -0.3 is 15.5 Å². The SMILES string of the molecule is C=C(CC(=O)O)C(=O)NC(C)(C)CC(=O)O. The standard InChI is InChI=1S/C10H15NO5/c1-6(4-7(12)13)9(16)11-10(2,3)5-8(14)15/h1,4-5H2,2-3H3,(H,11,16)(H,12,13)(H,14,15). The molecule has 0 aromatic carbocycles. The number of carbonyl (C=O) groups is 3. The summed E-state index contributed by atoms with van der Waals surface area (Å²) >= 11 is 0. The van der Waals surface area contributed by atoms with Crippen LogP contribution < -0.4 is 5.32 Å². The summed E-state index contributed by atoms with van der Waals surface area (Å²) in [6, 6.07) is 0. The Labute approximate surface area is 93.0 Å². The number of carboxylic acid groups (broad SMARTS) is 2. The van der Waals surface area contributed by atoms with Crippen LogP contribution in [-0.4, -0.2) is 33.6 Å². The molecule has 0 aliphatic rings. The van der Waals surface area contributed by atoms with Gasteiger partial charge in [0.1, 0.15) is 0 Å². The van der Waals surface area contributed by atoms with Crippen molar-refractivity contribution in [1.82, 2.24) is 5.32 Å². The predicted molar refractivity (Wildman–Crippen MR) is 55.9 cm³/mol. The van der Waals surface area contributed by atoms with Crippen LogP contribution in [0.2, 0.25) is 0 Å². The summed E-state index contributed by atoms with van der Waals surface area (Å²) in [6.45, 7) is 6.39. The topological polar surface area (TPSA) is 104 Å². The zero-order valence-corrected chi connectivity index (χ0v) is 9.24. The first-order valence-electron chi connectivity index (χ1n) is 4.58. The number of rotatable bonds is 6. The van der Waals surface area contributed by atoms with Gasteiger partial charge in [0.2, 0.25) is 5.91 Å². The summed E-state index contributed by atoms with van der Waals surface area (Å²) in [7, 11) is 0. The maximum absolute atomic E-state index is 11.4. The summed E-state index contributed by atoms with van der Waals surface area (Å²) in [4.78, 5) is 32.2. The van der Waals surface area contributed by atoms with E-state index in [1.165, 1.54) is 13.8 Å². The van der Waals surface area contributed by atoms with Gasteiger partial charge in [-0.05, 0) is 13.8 Å². The third-order valence-electron chi connectivity index (χ3n) is 1.73. The minimum absolute atomic E-state index is 0.106. The molecule has 0 fully saturated rings. The molecule has 0 aromatic rings. The number of amides is 1. The molecule has 16 heavy (non-hydrogen) atoms. The van der Waals surface area contributed by atoms with E-state index < -0.39 is 29.8 Å². The fourth-order valence-corrected chi connectivity index (χ4v) is 1.08. The first kappa shape index (κ1) is 14.2. The smallest absolute Gasteiger partial charge is 0.308 e. The zero-order valence-electron chi connectivity index (χ0n) is 9.24. The van der Waals surface area contributed by atoms with Gasteiger partial charge in [-0.1, -0.05) is 6.58 Å². The molecule has 90 valence electrons. The van der Waals surface area contributed by atoms with Gasteiger partial charge in [-0.15, -0.1) is 0 Å². The largest absolute Gasteiger partial charge is 0.481 e. The Hall–Kier alpha value is -1.85. The fourth-order valence-electron chi connectivity index (χ4n) is 1.08. The highest BCUT2D eigenvalue weighted by molar-refractivity contribution is 5.97. The minimum Gasteiger partial charge on any atom is -0.481 e. The molecular formula is C10H15NO5. The number of hydrogen-bond donors (Lipinski definition) is 3. The Morgan fingerprint density at radius 3 is 2.06 bits per heavy atom. The van der Waals surface area contributed by atoms with Crippen molar-refractivity contribution in [2.24, 2.45) is 0 Å². The lowest BCUT2D eigenvalue weighted by atomic mass is 10.00. The number of hydrogen-bond acceptors (Lipinski definition) is 3. The van der Waals surface area contributed by atoms with Crippen LogP contribution in [0.5, 0.6) is 0 Å². The van der Waals surface area contributed by atoms with Gasteiger partial charge in [0.05, 0.1) is 12.8 Å². The number of carbonyl (C=O) groups excluding carboxylic acids is 1. The maximum Gasteiger partial charge on any atom is 0.308 e. The van der Waals surface area contributed by atoms with Gasteiger partial charge in [0, 0.05) is 11.1 Å². The Kier molecular flexibility index (Phi) is 4.68. The molecule has 0 aromatic heterocycles. The highest BCUT2D eigenvalue weighted by Gasteiger charge is 2.25. The molecule has 3 N–H and O–H groups in total.